The molecular formula is C10H10BrIO2. The zero-order valence-electron chi connectivity index (χ0n) is 7.93. The molecule has 0 N–H and O–H groups in total. The highest BCUT2D eigenvalue weighted by Gasteiger charge is 2.16. The third-order valence-electron chi connectivity index (χ3n) is 1.76. The van der Waals surface area contributed by atoms with Crippen molar-refractivity contribution in [1.29, 1.82) is 0 Å². The predicted octanol–water partition coefficient (Wildman–Crippen LogP) is 3.54. The van der Waals surface area contributed by atoms with E-state index in [1.165, 1.54) is 0 Å². The summed E-state index contributed by atoms with van der Waals surface area (Å²) < 4.78 is 6.69. The molecule has 1 aromatic carbocycles. The molecule has 0 unspecified atom stereocenters. The summed E-state index contributed by atoms with van der Waals surface area (Å²) in [5.41, 5.74) is 1.65. The summed E-state index contributed by atoms with van der Waals surface area (Å²) in [6.07, 6.45) is 0. The molecule has 0 aliphatic heterocycles. The van der Waals surface area contributed by atoms with Gasteiger partial charge in [0.05, 0.1) is 12.2 Å². The number of ether oxygens (including phenoxy) is 1. The molecule has 0 amide bonds. The Hall–Kier alpha value is -0.100. The minimum Gasteiger partial charge on any atom is -0.462 e. The van der Waals surface area contributed by atoms with Crippen LogP contribution >= 0.6 is 38.5 Å². The molecule has 0 radical (unpaired) electrons. The monoisotopic (exact) mass is 368 g/mol. The fraction of sp³-hybridized carbons (Fsp3) is 0.300. The van der Waals surface area contributed by atoms with Gasteiger partial charge in [0.25, 0.3) is 0 Å². The Morgan fingerprint density at radius 3 is 2.79 bits per heavy atom. The lowest BCUT2D eigenvalue weighted by molar-refractivity contribution is 0.0524. The first kappa shape index (κ1) is 12.0. The Labute approximate surface area is 105 Å². The summed E-state index contributed by atoms with van der Waals surface area (Å²) in [7, 11) is 0. The number of hydrogen-bond acceptors (Lipinski definition) is 2. The first-order valence-electron chi connectivity index (χ1n) is 4.19. The Bertz CT molecular complexity index is 363. The zero-order chi connectivity index (χ0) is 10.7. The van der Waals surface area contributed by atoms with Crippen LogP contribution in [-0.4, -0.2) is 12.6 Å². The van der Waals surface area contributed by atoms with Gasteiger partial charge in [0, 0.05) is 8.04 Å². The molecule has 4 heteroatoms. The molecule has 76 valence electrons. The van der Waals surface area contributed by atoms with Gasteiger partial charge in [-0.15, -0.1) is 0 Å². The topological polar surface area (TPSA) is 26.3 Å². The lowest BCUT2D eigenvalue weighted by Crippen LogP contribution is -2.08. The normalized spacial score (nSPS) is 10.0. The molecule has 1 rings (SSSR count). The SMILES string of the molecule is CCOC(=O)c1c(I)ccc(C)c1Br. The quantitative estimate of drug-likeness (QED) is 0.589. The first-order chi connectivity index (χ1) is 6.57. The molecule has 1 aromatic rings. The Balaban J connectivity index is 3.18. The molecule has 0 bridgehead atoms. The predicted molar refractivity (Wildman–Crippen MR) is 67.6 cm³/mol. The second kappa shape index (κ2) is 5.11. The van der Waals surface area contributed by atoms with Crippen LogP contribution in [0.2, 0.25) is 0 Å². The van der Waals surface area contributed by atoms with Crippen molar-refractivity contribution in [1.82, 2.24) is 0 Å². The van der Waals surface area contributed by atoms with Crippen LogP contribution in [0.3, 0.4) is 0 Å². The van der Waals surface area contributed by atoms with Crippen molar-refractivity contribution < 1.29 is 9.53 Å². The number of halogens is 2. The van der Waals surface area contributed by atoms with Crippen molar-refractivity contribution in [2.45, 2.75) is 13.8 Å². The standard InChI is InChI=1S/C10H10BrIO2/c1-3-14-10(13)8-7(12)5-4-6(2)9(8)11/h4-5H,3H2,1-2H3. The van der Waals surface area contributed by atoms with Gasteiger partial charge in [0.1, 0.15) is 0 Å². The summed E-state index contributed by atoms with van der Waals surface area (Å²) in [6.45, 7) is 4.15. The number of benzene rings is 1. The summed E-state index contributed by atoms with van der Waals surface area (Å²) in [5, 5.41) is 0. The fourth-order valence-electron chi connectivity index (χ4n) is 1.05. The summed E-state index contributed by atoms with van der Waals surface area (Å²) >= 11 is 5.52. The number of rotatable bonds is 2. The van der Waals surface area contributed by atoms with E-state index in [0.717, 1.165) is 13.6 Å². The molecule has 0 heterocycles. The maximum Gasteiger partial charge on any atom is 0.340 e. The van der Waals surface area contributed by atoms with E-state index in [9.17, 15) is 4.79 Å². The highest BCUT2D eigenvalue weighted by Crippen LogP contribution is 2.26. The van der Waals surface area contributed by atoms with Crippen LogP contribution in [0.5, 0.6) is 0 Å². The maximum atomic E-state index is 11.6. The Morgan fingerprint density at radius 2 is 2.21 bits per heavy atom. The van der Waals surface area contributed by atoms with Crippen LogP contribution in [0, 0.1) is 10.5 Å². The van der Waals surface area contributed by atoms with E-state index in [1.54, 1.807) is 6.92 Å². The second-order valence-corrected chi connectivity index (χ2v) is 4.73. The lowest BCUT2D eigenvalue weighted by Gasteiger charge is -2.08. The minimum absolute atomic E-state index is 0.271. The number of esters is 1. The van der Waals surface area contributed by atoms with Crippen molar-refractivity contribution in [3.8, 4) is 0 Å². The van der Waals surface area contributed by atoms with Gasteiger partial charge in [-0.2, -0.15) is 0 Å². The molecule has 2 nitrogen and oxygen atoms in total. The molecule has 0 aliphatic rings. The van der Waals surface area contributed by atoms with Crippen LogP contribution in [0.15, 0.2) is 16.6 Å². The second-order valence-electron chi connectivity index (χ2n) is 2.77. The molecule has 0 aliphatic carbocycles. The molecule has 0 saturated carbocycles. The van der Waals surface area contributed by atoms with Gasteiger partial charge in [-0.05, 0) is 64.0 Å². The third kappa shape index (κ3) is 2.48. The van der Waals surface area contributed by atoms with Gasteiger partial charge in [-0.3, -0.25) is 0 Å². The van der Waals surface area contributed by atoms with Crippen LogP contribution in [0.25, 0.3) is 0 Å². The van der Waals surface area contributed by atoms with Crippen LogP contribution < -0.4 is 0 Å². The fourth-order valence-corrected chi connectivity index (χ4v) is 2.59. The minimum atomic E-state index is -0.271. The first-order valence-corrected chi connectivity index (χ1v) is 6.06. The zero-order valence-corrected chi connectivity index (χ0v) is 11.7. The Kier molecular flexibility index (Phi) is 4.37. The van der Waals surface area contributed by atoms with E-state index in [0.29, 0.717) is 12.2 Å². The molecule has 0 fully saturated rings. The molecular weight excluding hydrogens is 359 g/mol. The van der Waals surface area contributed by atoms with Gasteiger partial charge in [0.2, 0.25) is 0 Å². The largest absolute Gasteiger partial charge is 0.462 e. The van der Waals surface area contributed by atoms with Gasteiger partial charge in [0.15, 0.2) is 0 Å². The van der Waals surface area contributed by atoms with E-state index in [1.807, 2.05) is 19.1 Å². The van der Waals surface area contributed by atoms with E-state index in [2.05, 4.69) is 38.5 Å². The van der Waals surface area contributed by atoms with Gasteiger partial charge in [-0.1, -0.05) is 6.07 Å². The summed E-state index contributed by atoms with van der Waals surface area (Å²) in [4.78, 5) is 11.6. The maximum absolute atomic E-state index is 11.6. The van der Waals surface area contributed by atoms with Crippen molar-refractivity contribution in [2.75, 3.05) is 6.61 Å². The Morgan fingerprint density at radius 1 is 1.57 bits per heavy atom. The lowest BCUT2D eigenvalue weighted by atomic mass is 10.1. The third-order valence-corrected chi connectivity index (χ3v) is 3.68. The van der Waals surface area contributed by atoms with Gasteiger partial charge < -0.3 is 4.74 Å². The number of aryl methyl sites for hydroxylation is 1. The number of carbonyl (C=O) groups is 1. The molecule has 0 atom stereocenters. The van der Waals surface area contributed by atoms with Crippen LogP contribution in [0.4, 0.5) is 0 Å². The van der Waals surface area contributed by atoms with Crippen molar-refractivity contribution in [3.63, 3.8) is 0 Å². The summed E-state index contributed by atoms with van der Waals surface area (Å²) in [5.74, 6) is -0.271. The van der Waals surface area contributed by atoms with Gasteiger partial charge >= 0.3 is 5.97 Å². The van der Waals surface area contributed by atoms with E-state index in [4.69, 9.17) is 4.74 Å². The molecule has 0 aromatic heterocycles. The van der Waals surface area contributed by atoms with Crippen molar-refractivity contribution >= 4 is 44.5 Å². The molecule has 0 spiro atoms. The highest BCUT2D eigenvalue weighted by atomic mass is 127. The molecule has 14 heavy (non-hydrogen) atoms. The summed E-state index contributed by atoms with van der Waals surface area (Å²) in [6, 6.07) is 3.88. The van der Waals surface area contributed by atoms with Gasteiger partial charge in [-0.25, -0.2) is 4.79 Å². The van der Waals surface area contributed by atoms with E-state index >= 15 is 0 Å². The highest BCUT2D eigenvalue weighted by molar-refractivity contribution is 14.1. The van der Waals surface area contributed by atoms with E-state index < -0.39 is 0 Å². The van der Waals surface area contributed by atoms with Crippen LogP contribution in [-0.2, 0) is 4.74 Å². The van der Waals surface area contributed by atoms with E-state index in [-0.39, 0.29) is 5.97 Å². The van der Waals surface area contributed by atoms with Crippen molar-refractivity contribution in [3.05, 3.63) is 31.3 Å². The average Bonchev–Trinajstić information content (AvgIpc) is 2.13. The van der Waals surface area contributed by atoms with Crippen LogP contribution in [0.1, 0.15) is 22.8 Å². The molecule has 0 saturated heterocycles. The van der Waals surface area contributed by atoms with Crippen molar-refractivity contribution in [2.24, 2.45) is 0 Å². The number of carbonyl (C=O) groups excluding carboxylic acids is 1. The number of hydrogen-bond donors (Lipinski definition) is 0. The smallest absolute Gasteiger partial charge is 0.340 e. The average molecular weight is 369 g/mol.